The molecule has 5 nitrogen and oxygen atoms in total. The summed E-state index contributed by atoms with van der Waals surface area (Å²) >= 11 is 0. The number of carbonyl (C=O) groups is 1. The van der Waals surface area contributed by atoms with Gasteiger partial charge in [0.25, 0.3) is 6.43 Å². The monoisotopic (exact) mass is 273 g/mol. The molecule has 0 aromatic carbocycles. The van der Waals surface area contributed by atoms with Crippen molar-refractivity contribution in [2.45, 2.75) is 12.8 Å². The SMILES string of the molecule is O=C(O)c1c[nH]c(C(F)F)c(OC(F)(F)F)c1=O. The maximum atomic E-state index is 12.4. The Morgan fingerprint density at radius 1 is 1.39 bits per heavy atom. The van der Waals surface area contributed by atoms with Gasteiger partial charge in [0.05, 0.1) is 0 Å². The topological polar surface area (TPSA) is 79.4 Å². The maximum Gasteiger partial charge on any atom is 0.573 e. The molecular formula is C8H4F5NO4. The molecule has 100 valence electrons. The van der Waals surface area contributed by atoms with Crippen molar-refractivity contribution < 1.29 is 36.6 Å². The Kier molecular flexibility index (Phi) is 3.58. The molecule has 0 atom stereocenters. The van der Waals surface area contributed by atoms with Crippen LogP contribution >= 0.6 is 0 Å². The molecule has 0 radical (unpaired) electrons. The number of H-pyrrole nitrogens is 1. The van der Waals surface area contributed by atoms with E-state index < -0.39 is 41.2 Å². The Balaban J connectivity index is 3.46. The van der Waals surface area contributed by atoms with Crippen molar-refractivity contribution in [2.24, 2.45) is 0 Å². The number of carboxylic acids is 1. The highest BCUT2D eigenvalue weighted by Crippen LogP contribution is 2.28. The van der Waals surface area contributed by atoms with Gasteiger partial charge in [0.15, 0.2) is 0 Å². The number of rotatable bonds is 3. The van der Waals surface area contributed by atoms with Crippen molar-refractivity contribution in [3.05, 3.63) is 27.7 Å². The molecule has 0 spiro atoms. The first kappa shape index (κ1) is 13.9. The van der Waals surface area contributed by atoms with Gasteiger partial charge in [0.1, 0.15) is 11.3 Å². The summed E-state index contributed by atoms with van der Waals surface area (Å²) in [5, 5.41) is 8.47. The molecule has 2 N–H and O–H groups in total. The molecule has 0 saturated heterocycles. The van der Waals surface area contributed by atoms with Crippen molar-refractivity contribution in [3.63, 3.8) is 0 Å². The fraction of sp³-hybridized carbons (Fsp3) is 0.250. The first-order valence-corrected chi connectivity index (χ1v) is 4.16. The number of nitrogens with one attached hydrogen (secondary N) is 1. The molecule has 10 heteroatoms. The lowest BCUT2D eigenvalue weighted by Gasteiger charge is -2.12. The van der Waals surface area contributed by atoms with Crippen molar-refractivity contribution >= 4 is 5.97 Å². The number of hydrogen-bond acceptors (Lipinski definition) is 3. The van der Waals surface area contributed by atoms with Gasteiger partial charge in [-0.1, -0.05) is 0 Å². The molecule has 0 aliphatic heterocycles. The number of halogens is 5. The van der Waals surface area contributed by atoms with E-state index in [-0.39, 0.29) is 0 Å². The second kappa shape index (κ2) is 4.63. The lowest BCUT2D eigenvalue weighted by Crippen LogP contribution is -2.26. The van der Waals surface area contributed by atoms with Crippen LogP contribution in [0.3, 0.4) is 0 Å². The van der Waals surface area contributed by atoms with Crippen molar-refractivity contribution in [2.75, 3.05) is 0 Å². The van der Waals surface area contributed by atoms with E-state index in [9.17, 15) is 31.5 Å². The molecule has 1 heterocycles. The van der Waals surface area contributed by atoms with Gasteiger partial charge in [-0.15, -0.1) is 13.2 Å². The zero-order valence-electron chi connectivity index (χ0n) is 8.22. The molecule has 0 aliphatic rings. The second-order valence-corrected chi connectivity index (χ2v) is 2.93. The van der Waals surface area contributed by atoms with Gasteiger partial charge in [0.2, 0.25) is 11.2 Å². The minimum atomic E-state index is -5.40. The highest BCUT2D eigenvalue weighted by Gasteiger charge is 2.36. The van der Waals surface area contributed by atoms with Crippen LogP contribution in [0.2, 0.25) is 0 Å². The average Bonchev–Trinajstić information content (AvgIpc) is 2.17. The third kappa shape index (κ3) is 2.96. The molecule has 1 aromatic heterocycles. The van der Waals surface area contributed by atoms with E-state index in [2.05, 4.69) is 4.74 Å². The molecule has 0 unspecified atom stereocenters. The fourth-order valence-corrected chi connectivity index (χ4v) is 1.06. The van der Waals surface area contributed by atoms with Gasteiger partial charge in [-0.25, -0.2) is 13.6 Å². The van der Waals surface area contributed by atoms with Gasteiger partial charge in [-0.05, 0) is 0 Å². The Morgan fingerprint density at radius 2 is 1.94 bits per heavy atom. The predicted octanol–water partition coefficient (Wildman–Crippen LogP) is 1.91. The van der Waals surface area contributed by atoms with E-state index >= 15 is 0 Å². The van der Waals surface area contributed by atoms with Crippen molar-refractivity contribution in [1.29, 1.82) is 0 Å². The maximum absolute atomic E-state index is 12.4. The molecule has 18 heavy (non-hydrogen) atoms. The van der Waals surface area contributed by atoms with Crippen LogP contribution in [0.1, 0.15) is 22.5 Å². The molecular weight excluding hydrogens is 269 g/mol. The van der Waals surface area contributed by atoms with Gasteiger partial charge >= 0.3 is 12.3 Å². The van der Waals surface area contributed by atoms with E-state index in [0.717, 1.165) is 0 Å². The molecule has 0 aliphatic carbocycles. The van der Waals surface area contributed by atoms with Gasteiger partial charge in [-0.2, -0.15) is 0 Å². The highest BCUT2D eigenvalue weighted by molar-refractivity contribution is 5.87. The van der Waals surface area contributed by atoms with Crippen molar-refractivity contribution in [3.8, 4) is 5.75 Å². The van der Waals surface area contributed by atoms with Crippen LogP contribution < -0.4 is 10.2 Å². The summed E-state index contributed by atoms with van der Waals surface area (Å²) in [6.07, 6.45) is -8.48. The smallest absolute Gasteiger partial charge is 0.477 e. The van der Waals surface area contributed by atoms with E-state index in [1.54, 1.807) is 4.98 Å². The predicted molar refractivity (Wildman–Crippen MR) is 45.7 cm³/mol. The summed E-state index contributed by atoms with van der Waals surface area (Å²) in [5.41, 5.74) is -4.37. The number of aromatic nitrogens is 1. The summed E-state index contributed by atoms with van der Waals surface area (Å²) in [4.78, 5) is 23.3. The number of carboxylic acid groups (broad SMARTS) is 1. The molecule has 1 rings (SSSR count). The average molecular weight is 273 g/mol. The second-order valence-electron chi connectivity index (χ2n) is 2.93. The Bertz CT molecular complexity index is 521. The van der Waals surface area contributed by atoms with Crippen LogP contribution in [0.4, 0.5) is 22.0 Å². The molecule has 0 saturated carbocycles. The molecule has 0 bridgehead atoms. The fourth-order valence-electron chi connectivity index (χ4n) is 1.06. The van der Waals surface area contributed by atoms with E-state index in [4.69, 9.17) is 5.11 Å². The first-order valence-electron chi connectivity index (χ1n) is 4.16. The van der Waals surface area contributed by atoms with Crippen LogP contribution in [0.25, 0.3) is 0 Å². The summed E-state index contributed by atoms with van der Waals surface area (Å²) in [5.74, 6) is -3.65. The zero-order valence-corrected chi connectivity index (χ0v) is 8.22. The third-order valence-corrected chi connectivity index (χ3v) is 1.73. The van der Waals surface area contributed by atoms with E-state index in [0.29, 0.717) is 6.20 Å². The summed E-state index contributed by atoms with van der Waals surface area (Å²) in [6, 6.07) is 0. The van der Waals surface area contributed by atoms with Crippen LogP contribution in [0.15, 0.2) is 11.0 Å². The minimum Gasteiger partial charge on any atom is -0.477 e. The number of alkyl halides is 5. The first-order chi connectivity index (χ1) is 8.13. The molecule has 1 aromatic rings. The third-order valence-electron chi connectivity index (χ3n) is 1.73. The van der Waals surface area contributed by atoms with Gasteiger partial charge < -0.3 is 14.8 Å². The van der Waals surface area contributed by atoms with E-state index in [1.165, 1.54) is 0 Å². The van der Waals surface area contributed by atoms with Gasteiger partial charge in [-0.3, -0.25) is 4.79 Å². The van der Waals surface area contributed by atoms with Crippen LogP contribution in [0.5, 0.6) is 5.75 Å². The minimum absolute atomic E-state index is 0.370. The normalized spacial score (nSPS) is 11.7. The van der Waals surface area contributed by atoms with Gasteiger partial charge in [0, 0.05) is 6.20 Å². The lowest BCUT2D eigenvalue weighted by atomic mass is 10.2. The number of aromatic amines is 1. The molecule has 0 fully saturated rings. The summed E-state index contributed by atoms with van der Waals surface area (Å²) in [7, 11) is 0. The largest absolute Gasteiger partial charge is 0.573 e. The zero-order chi connectivity index (χ0) is 14.1. The van der Waals surface area contributed by atoms with Crippen LogP contribution in [-0.2, 0) is 0 Å². The standard InChI is InChI=1S/C8H4F5NO4/c9-6(10)3-5(18-8(11,12)13)4(15)2(1-14-3)7(16)17/h1,6H,(H,14,15)(H,16,17). The van der Waals surface area contributed by atoms with Crippen LogP contribution in [0, 0.1) is 0 Å². The number of hydrogen-bond donors (Lipinski definition) is 2. The lowest BCUT2D eigenvalue weighted by molar-refractivity contribution is -0.275. The van der Waals surface area contributed by atoms with Crippen molar-refractivity contribution in [1.82, 2.24) is 4.98 Å². The number of ether oxygens (including phenoxy) is 1. The summed E-state index contributed by atoms with van der Waals surface area (Å²) < 4.78 is 63.6. The quantitative estimate of drug-likeness (QED) is 0.824. The van der Waals surface area contributed by atoms with Crippen LogP contribution in [-0.4, -0.2) is 22.4 Å². The Morgan fingerprint density at radius 3 is 2.33 bits per heavy atom. The Labute approximate surface area is 94.8 Å². The molecule has 0 amide bonds. The number of aromatic carboxylic acids is 1. The summed E-state index contributed by atoms with van der Waals surface area (Å²) in [6.45, 7) is 0. The highest BCUT2D eigenvalue weighted by atomic mass is 19.4. The van der Waals surface area contributed by atoms with E-state index in [1.807, 2.05) is 0 Å². The Hall–Kier alpha value is -2.13. The number of pyridine rings is 1.